The molecular formula is C25H37F3N4O4. The number of amides is 3. The van der Waals surface area contributed by atoms with Gasteiger partial charge in [0.1, 0.15) is 23.9 Å². The third-order valence-electron chi connectivity index (χ3n) is 7.61. The van der Waals surface area contributed by atoms with E-state index in [9.17, 15) is 37.6 Å². The first-order chi connectivity index (χ1) is 16.4. The number of fused-ring (bicyclic) bond motifs is 1. The van der Waals surface area contributed by atoms with Gasteiger partial charge >= 0.3 is 12.1 Å². The summed E-state index contributed by atoms with van der Waals surface area (Å²) in [5.41, 5.74) is -1.33. The second-order valence-electron chi connectivity index (χ2n) is 11.7. The van der Waals surface area contributed by atoms with Gasteiger partial charge in [0, 0.05) is 12.5 Å². The first-order valence-corrected chi connectivity index (χ1v) is 12.3. The average molecular weight is 515 g/mol. The van der Waals surface area contributed by atoms with Crippen molar-refractivity contribution in [2.75, 3.05) is 6.54 Å². The van der Waals surface area contributed by atoms with E-state index in [1.54, 1.807) is 0 Å². The van der Waals surface area contributed by atoms with Crippen molar-refractivity contribution < 1.29 is 32.3 Å². The zero-order valence-electron chi connectivity index (χ0n) is 22.0. The van der Waals surface area contributed by atoms with Crippen LogP contribution in [0.4, 0.5) is 13.2 Å². The number of ketones is 1. The van der Waals surface area contributed by atoms with Crippen LogP contribution in [0.2, 0.25) is 0 Å². The number of carbonyl (C=O) groups excluding carboxylic acids is 4. The molecule has 6 atom stereocenters. The molecule has 1 aliphatic heterocycles. The van der Waals surface area contributed by atoms with Gasteiger partial charge in [-0.2, -0.15) is 18.4 Å². The van der Waals surface area contributed by atoms with Gasteiger partial charge < -0.3 is 15.5 Å². The number of rotatable bonds is 9. The summed E-state index contributed by atoms with van der Waals surface area (Å²) in [6.07, 6.45) is -3.73. The standard InChI is InChI=1S/C25H37F3N4O4/c1-8-9-14(13(2)33)10-15(11-29)30-20(34)18-17-16(24(17,6)7)12-32(18)21(35)19(23(3,4)5)31-22(36)25(26,27)28/h14-19H,8-10,12H2,1-7H3,(H,30,34)(H,31,36)/t14-,15-,16-,17-,18-,19+/m0/s1. The van der Waals surface area contributed by atoms with Crippen LogP contribution in [-0.4, -0.2) is 59.3 Å². The van der Waals surface area contributed by atoms with Crippen molar-refractivity contribution in [3.05, 3.63) is 0 Å². The SMILES string of the molecule is CCC[C@@H](C[C@@H](C#N)NC(=O)[C@@H]1[C@@H]2[C@H](CN1C(=O)[C@@H](NC(=O)C(F)(F)F)C(C)(C)C)C2(C)C)C(C)=O. The predicted octanol–water partition coefficient (Wildman–Crippen LogP) is 2.97. The molecule has 2 N–H and O–H groups in total. The third-order valence-corrected chi connectivity index (χ3v) is 7.61. The normalized spacial score (nSPS) is 25.1. The summed E-state index contributed by atoms with van der Waals surface area (Å²) >= 11 is 0. The average Bonchev–Trinajstić information content (AvgIpc) is 3.09. The lowest BCUT2D eigenvalue weighted by Gasteiger charge is -2.37. The van der Waals surface area contributed by atoms with E-state index in [1.807, 2.05) is 32.2 Å². The van der Waals surface area contributed by atoms with Crippen LogP contribution in [0.5, 0.6) is 0 Å². The second-order valence-corrected chi connectivity index (χ2v) is 11.7. The number of hydrogen-bond acceptors (Lipinski definition) is 5. The van der Waals surface area contributed by atoms with Crippen molar-refractivity contribution in [1.29, 1.82) is 5.26 Å². The summed E-state index contributed by atoms with van der Waals surface area (Å²) in [7, 11) is 0. The monoisotopic (exact) mass is 514 g/mol. The topological polar surface area (TPSA) is 119 Å². The first-order valence-electron chi connectivity index (χ1n) is 12.3. The third kappa shape index (κ3) is 6.19. The number of halogens is 3. The van der Waals surface area contributed by atoms with Gasteiger partial charge in [-0.25, -0.2) is 0 Å². The van der Waals surface area contributed by atoms with Crippen LogP contribution in [0.3, 0.4) is 0 Å². The Morgan fingerprint density at radius 3 is 2.17 bits per heavy atom. The molecule has 0 aromatic rings. The summed E-state index contributed by atoms with van der Waals surface area (Å²) < 4.78 is 38.9. The Morgan fingerprint density at radius 1 is 1.14 bits per heavy atom. The highest BCUT2D eigenvalue weighted by molar-refractivity contribution is 5.95. The summed E-state index contributed by atoms with van der Waals surface area (Å²) in [5, 5.41) is 14.1. The summed E-state index contributed by atoms with van der Waals surface area (Å²) in [6.45, 7) is 12.0. The van der Waals surface area contributed by atoms with Crippen LogP contribution in [0, 0.1) is 39.9 Å². The van der Waals surface area contributed by atoms with E-state index in [0.29, 0.717) is 6.42 Å². The number of piperidine rings is 1. The fourth-order valence-electron chi connectivity index (χ4n) is 5.36. The quantitative estimate of drug-likeness (QED) is 0.490. The van der Waals surface area contributed by atoms with E-state index >= 15 is 0 Å². The Kier molecular flexibility index (Phi) is 8.53. The summed E-state index contributed by atoms with van der Waals surface area (Å²) in [6, 6.07) is -1.46. The lowest BCUT2D eigenvalue weighted by molar-refractivity contribution is -0.176. The Balaban J connectivity index is 2.29. The number of alkyl halides is 3. The fraction of sp³-hybridized carbons (Fsp3) is 0.800. The molecule has 0 unspecified atom stereocenters. The Hall–Kier alpha value is -2.64. The molecule has 2 fully saturated rings. The van der Waals surface area contributed by atoms with Gasteiger partial charge in [-0.3, -0.25) is 19.2 Å². The number of nitriles is 1. The van der Waals surface area contributed by atoms with E-state index in [0.717, 1.165) is 6.42 Å². The molecule has 0 bridgehead atoms. The molecule has 3 amide bonds. The fourth-order valence-corrected chi connectivity index (χ4v) is 5.36. The van der Waals surface area contributed by atoms with Gasteiger partial charge in [0.25, 0.3) is 0 Å². The van der Waals surface area contributed by atoms with E-state index in [4.69, 9.17) is 0 Å². The smallest absolute Gasteiger partial charge is 0.339 e. The molecule has 1 heterocycles. The number of nitrogens with zero attached hydrogens (tertiary/aromatic N) is 2. The highest BCUT2D eigenvalue weighted by Crippen LogP contribution is 2.65. The minimum Gasteiger partial charge on any atom is -0.339 e. The highest BCUT2D eigenvalue weighted by atomic mass is 19.4. The van der Waals surface area contributed by atoms with Gasteiger partial charge in [-0.1, -0.05) is 48.0 Å². The number of likely N-dealkylation sites (tertiary alicyclic amines) is 1. The largest absolute Gasteiger partial charge is 0.471 e. The maximum absolute atomic E-state index is 13.5. The van der Waals surface area contributed by atoms with Gasteiger partial charge in [-0.05, 0) is 42.4 Å². The van der Waals surface area contributed by atoms with Crippen molar-refractivity contribution in [3.63, 3.8) is 0 Å². The number of carbonyl (C=O) groups is 4. The molecule has 8 nitrogen and oxygen atoms in total. The highest BCUT2D eigenvalue weighted by Gasteiger charge is 2.70. The van der Waals surface area contributed by atoms with Crippen molar-refractivity contribution >= 4 is 23.5 Å². The van der Waals surface area contributed by atoms with Crippen LogP contribution in [0.25, 0.3) is 0 Å². The molecule has 0 aromatic heterocycles. The predicted molar refractivity (Wildman–Crippen MR) is 125 cm³/mol. The van der Waals surface area contributed by atoms with Crippen molar-refractivity contribution in [3.8, 4) is 6.07 Å². The Bertz CT molecular complexity index is 935. The molecule has 11 heteroatoms. The maximum Gasteiger partial charge on any atom is 0.471 e. The van der Waals surface area contributed by atoms with E-state index in [1.165, 1.54) is 32.6 Å². The molecule has 2 aliphatic rings. The van der Waals surface area contributed by atoms with Crippen LogP contribution < -0.4 is 10.6 Å². The lowest BCUT2D eigenvalue weighted by Crippen LogP contribution is -2.61. The minimum absolute atomic E-state index is 0.0401. The van der Waals surface area contributed by atoms with Gasteiger partial charge in [0.15, 0.2) is 0 Å². The minimum atomic E-state index is -5.17. The Morgan fingerprint density at radius 2 is 1.72 bits per heavy atom. The van der Waals surface area contributed by atoms with Gasteiger partial charge in [0.05, 0.1) is 6.07 Å². The molecule has 0 spiro atoms. The summed E-state index contributed by atoms with van der Waals surface area (Å²) in [5.74, 6) is -4.33. The molecule has 1 saturated carbocycles. The molecule has 2 rings (SSSR count). The van der Waals surface area contributed by atoms with Crippen molar-refractivity contribution in [1.82, 2.24) is 15.5 Å². The molecule has 1 aliphatic carbocycles. The molecule has 0 radical (unpaired) electrons. The number of nitrogens with one attached hydrogen (secondary N) is 2. The number of hydrogen-bond donors (Lipinski definition) is 2. The van der Waals surface area contributed by atoms with E-state index in [-0.39, 0.29) is 36.0 Å². The van der Waals surface area contributed by atoms with Gasteiger partial charge in [-0.15, -0.1) is 0 Å². The van der Waals surface area contributed by atoms with Crippen LogP contribution in [0.1, 0.15) is 67.7 Å². The molecule has 202 valence electrons. The van der Waals surface area contributed by atoms with Crippen molar-refractivity contribution in [2.45, 2.75) is 92.0 Å². The molecule has 1 saturated heterocycles. The zero-order valence-corrected chi connectivity index (χ0v) is 22.0. The van der Waals surface area contributed by atoms with E-state index in [2.05, 4.69) is 5.32 Å². The molecule has 0 aromatic carbocycles. The maximum atomic E-state index is 13.5. The number of Topliss-reactive ketones (excluding diaryl/α,β-unsaturated/α-hetero) is 1. The molecule has 36 heavy (non-hydrogen) atoms. The van der Waals surface area contributed by atoms with Crippen LogP contribution in [0.15, 0.2) is 0 Å². The first kappa shape index (κ1) is 29.6. The summed E-state index contributed by atoms with van der Waals surface area (Å²) in [4.78, 5) is 51.8. The second kappa shape index (κ2) is 10.4. The van der Waals surface area contributed by atoms with E-state index < -0.39 is 53.4 Å². The molecular weight excluding hydrogens is 477 g/mol. The Labute approximate surface area is 210 Å². The van der Waals surface area contributed by atoms with Crippen molar-refractivity contribution in [2.24, 2.45) is 28.6 Å². The van der Waals surface area contributed by atoms with Crippen LogP contribution >= 0.6 is 0 Å². The van der Waals surface area contributed by atoms with Gasteiger partial charge in [0.2, 0.25) is 11.8 Å². The zero-order chi connectivity index (χ0) is 27.8. The lowest BCUT2D eigenvalue weighted by atomic mass is 9.85. The van der Waals surface area contributed by atoms with Crippen LogP contribution in [-0.2, 0) is 19.2 Å².